The quantitative estimate of drug-likeness (QED) is 0.728. The van der Waals surface area contributed by atoms with Gasteiger partial charge in [-0.15, -0.1) is 0 Å². The van der Waals surface area contributed by atoms with Gasteiger partial charge >= 0.3 is 0 Å². The van der Waals surface area contributed by atoms with Gasteiger partial charge in [0.25, 0.3) is 5.56 Å². The molecule has 0 saturated carbocycles. The van der Waals surface area contributed by atoms with Gasteiger partial charge in [-0.25, -0.2) is 4.68 Å². The van der Waals surface area contributed by atoms with Crippen LogP contribution in [0.3, 0.4) is 0 Å². The SMILES string of the molecule is O=c1ccc(-c2ccccc2)nn1Cc1ccncc1. The van der Waals surface area contributed by atoms with Crippen molar-refractivity contribution < 1.29 is 0 Å². The van der Waals surface area contributed by atoms with Crippen LogP contribution in [0.5, 0.6) is 0 Å². The van der Waals surface area contributed by atoms with Crippen molar-refractivity contribution in [1.29, 1.82) is 0 Å². The van der Waals surface area contributed by atoms with Crippen molar-refractivity contribution in [3.05, 3.63) is 82.9 Å². The summed E-state index contributed by atoms with van der Waals surface area (Å²) in [5, 5.41) is 4.42. The van der Waals surface area contributed by atoms with Gasteiger partial charge < -0.3 is 0 Å². The highest BCUT2D eigenvalue weighted by atomic mass is 16.1. The van der Waals surface area contributed by atoms with E-state index in [0.717, 1.165) is 16.8 Å². The fraction of sp³-hybridized carbons (Fsp3) is 0.0625. The second-order valence-electron chi connectivity index (χ2n) is 4.44. The largest absolute Gasteiger partial charge is 0.268 e. The smallest absolute Gasteiger partial charge is 0.267 e. The van der Waals surface area contributed by atoms with Gasteiger partial charge in [0.05, 0.1) is 12.2 Å². The zero-order valence-corrected chi connectivity index (χ0v) is 10.8. The zero-order chi connectivity index (χ0) is 13.8. The van der Waals surface area contributed by atoms with Crippen molar-refractivity contribution in [2.45, 2.75) is 6.54 Å². The normalized spacial score (nSPS) is 10.4. The van der Waals surface area contributed by atoms with Crippen molar-refractivity contribution in [1.82, 2.24) is 14.8 Å². The standard InChI is InChI=1S/C16H13N3O/c20-16-7-6-15(14-4-2-1-3-5-14)18-19(16)12-13-8-10-17-11-9-13/h1-11H,12H2. The molecule has 0 saturated heterocycles. The van der Waals surface area contributed by atoms with Gasteiger partial charge in [-0.1, -0.05) is 30.3 Å². The lowest BCUT2D eigenvalue weighted by Crippen LogP contribution is -2.22. The summed E-state index contributed by atoms with van der Waals surface area (Å²) >= 11 is 0. The Kier molecular flexibility index (Phi) is 3.37. The van der Waals surface area contributed by atoms with E-state index >= 15 is 0 Å². The Morgan fingerprint density at radius 2 is 1.65 bits per heavy atom. The first-order valence-electron chi connectivity index (χ1n) is 6.35. The molecule has 4 heteroatoms. The van der Waals surface area contributed by atoms with E-state index in [4.69, 9.17) is 0 Å². The van der Waals surface area contributed by atoms with Crippen molar-refractivity contribution in [2.24, 2.45) is 0 Å². The summed E-state index contributed by atoms with van der Waals surface area (Å²) in [6.45, 7) is 0.446. The molecule has 0 fully saturated rings. The molecule has 0 aliphatic carbocycles. The second kappa shape index (κ2) is 5.48. The molecular weight excluding hydrogens is 250 g/mol. The monoisotopic (exact) mass is 263 g/mol. The van der Waals surface area contributed by atoms with Crippen LogP contribution in [-0.2, 0) is 6.54 Å². The topological polar surface area (TPSA) is 47.8 Å². The number of benzene rings is 1. The fourth-order valence-electron chi connectivity index (χ4n) is 1.99. The number of aromatic nitrogens is 3. The maximum absolute atomic E-state index is 11.9. The number of rotatable bonds is 3. The molecule has 0 aliphatic rings. The Bertz CT molecular complexity index is 751. The van der Waals surface area contributed by atoms with Gasteiger partial charge in [-0.2, -0.15) is 5.10 Å². The van der Waals surface area contributed by atoms with Crippen LogP contribution in [0.4, 0.5) is 0 Å². The summed E-state index contributed by atoms with van der Waals surface area (Å²) in [6, 6.07) is 16.9. The fourth-order valence-corrected chi connectivity index (χ4v) is 1.99. The molecule has 2 aromatic heterocycles. The van der Waals surface area contributed by atoms with E-state index in [1.165, 1.54) is 4.68 Å². The Morgan fingerprint density at radius 3 is 2.40 bits per heavy atom. The minimum absolute atomic E-state index is 0.110. The Hall–Kier alpha value is -2.75. The predicted octanol–water partition coefficient (Wildman–Crippen LogP) is 2.35. The number of pyridine rings is 1. The minimum Gasteiger partial charge on any atom is -0.268 e. The molecule has 3 aromatic rings. The lowest BCUT2D eigenvalue weighted by Gasteiger charge is -2.07. The summed E-state index contributed by atoms with van der Waals surface area (Å²) in [5.41, 5.74) is 2.68. The molecule has 0 unspecified atom stereocenters. The molecule has 0 amide bonds. The minimum atomic E-state index is -0.110. The Labute approximate surface area is 116 Å². The third kappa shape index (κ3) is 2.64. The number of nitrogens with zero attached hydrogens (tertiary/aromatic N) is 3. The van der Waals surface area contributed by atoms with Crippen LogP contribution in [0.2, 0.25) is 0 Å². The molecule has 0 spiro atoms. The molecule has 0 atom stereocenters. The molecule has 0 radical (unpaired) electrons. The highest BCUT2D eigenvalue weighted by molar-refractivity contribution is 5.57. The lowest BCUT2D eigenvalue weighted by molar-refractivity contribution is 0.642. The van der Waals surface area contributed by atoms with Crippen LogP contribution in [-0.4, -0.2) is 14.8 Å². The molecule has 20 heavy (non-hydrogen) atoms. The Balaban J connectivity index is 1.98. The second-order valence-corrected chi connectivity index (χ2v) is 4.44. The molecule has 4 nitrogen and oxygen atoms in total. The van der Waals surface area contributed by atoms with Gasteiger partial charge in [-0.05, 0) is 23.8 Å². The first kappa shape index (κ1) is 12.3. The maximum Gasteiger partial charge on any atom is 0.267 e. The van der Waals surface area contributed by atoms with Crippen LogP contribution in [0.1, 0.15) is 5.56 Å². The van der Waals surface area contributed by atoms with E-state index in [2.05, 4.69) is 10.1 Å². The van der Waals surface area contributed by atoms with Gasteiger partial charge in [0.2, 0.25) is 0 Å². The highest BCUT2D eigenvalue weighted by Gasteiger charge is 2.03. The van der Waals surface area contributed by atoms with Gasteiger partial charge in [0.1, 0.15) is 0 Å². The van der Waals surface area contributed by atoms with Crippen LogP contribution in [0.15, 0.2) is 71.8 Å². The van der Waals surface area contributed by atoms with Crippen molar-refractivity contribution >= 4 is 0 Å². The molecule has 0 N–H and O–H groups in total. The third-order valence-electron chi connectivity index (χ3n) is 3.02. The van der Waals surface area contributed by atoms with Crippen LogP contribution in [0.25, 0.3) is 11.3 Å². The van der Waals surface area contributed by atoms with Crippen LogP contribution in [0, 0.1) is 0 Å². The van der Waals surface area contributed by atoms with Crippen molar-refractivity contribution in [3.63, 3.8) is 0 Å². The maximum atomic E-state index is 11.9. The van der Waals surface area contributed by atoms with E-state index < -0.39 is 0 Å². The van der Waals surface area contributed by atoms with Crippen LogP contribution < -0.4 is 5.56 Å². The molecule has 98 valence electrons. The third-order valence-corrected chi connectivity index (χ3v) is 3.02. The predicted molar refractivity (Wildman–Crippen MR) is 77.3 cm³/mol. The van der Waals surface area contributed by atoms with E-state index in [0.29, 0.717) is 6.54 Å². The van der Waals surface area contributed by atoms with Gasteiger partial charge in [0, 0.05) is 24.0 Å². The summed E-state index contributed by atoms with van der Waals surface area (Å²) < 4.78 is 1.47. The molecule has 3 rings (SSSR count). The molecular formula is C16H13N3O. The van der Waals surface area contributed by atoms with Crippen molar-refractivity contribution in [2.75, 3.05) is 0 Å². The first-order chi connectivity index (χ1) is 9.83. The average Bonchev–Trinajstić information content (AvgIpc) is 2.51. The summed E-state index contributed by atoms with van der Waals surface area (Å²) in [6.07, 6.45) is 3.42. The number of hydrogen-bond donors (Lipinski definition) is 0. The molecule has 0 aliphatic heterocycles. The van der Waals surface area contributed by atoms with Crippen molar-refractivity contribution in [3.8, 4) is 11.3 Å². The van der Waals surface area contributed by atoms with E-state index in [1.807, 2.05) is 42.5 Å². The van der Waals surface area contributed by atoms with Gasteiger partial charge in [-0.3, -0.25) is 9.78 Å². The van der Waals surface area contributed by atoms with E-state index in [9.17, 15) is 4.79 Å². The molecule has 1 aromatic carbocycles. The summed E-state index contributed by atoms with van der Waals surface area (Å²) in [4.78, 5) is 15.9. The van der Waals surface area contributed by atoms with Gasteiger partial charge in [0.15, 0.2) is 0 Å². The average molecular weight is 263 g/mol. The lowest BCUT2D eigenvalue weighted by atomic mass is 10.1. The zero-order valence-electron chi connectivity index (χ0n) is 10.8. The first-order valence-corrected chi connectivity index (χ1v) is 6.35. The van der Waals surface area contributed by atoms with Crippen LogP contribution >= 0.6 is 0 Å². The summed E-state index contributed by atoms with van der Waals surface area (Å²) in [5.74, 6) is 0. The Morgan fingerprint density at radius 1 is 0.900 bits per heavy atom. The van der Waals surface area contributed by atoms with E-state index in [1.54, 1.807) is 24.5 Å². The number of hydrogen-bond acceptors (Lipinski definition) is 3. The highest BCUT2D eigenvalue weighted by Crippen LogP contribution is 2.14. The molecule has 2 heterocycles. The summed E-state index contributed by atoms with van der Waals surface area (Å²) in [7, 11) is 0. The van der Waals surface area contributed by atoms with E-state index in [-0.39, 0.29) is 5.56 Å². The molecule has 0 bridgehead atoms.